The molecule has 1 aromatic rings. The third kappa shape index (κ3) is 1.77. The van der Waals surface area contributed by atoms with Crippen molar-refractivity contribution in [1.82, 2.24) is 9.78 Å². The van der Waals surface area contributed by atoms with E-state index in [1.54, 1.807) is 4.68 Å². The second-order valence-corrected chi connectivity index (χ2v) is 4.26. The van der Waals surface area contributed by atoms with Gasteiger partial charge in [0.05, 0.1) is 5.69 Å². The molecule has 5 heteroatoms. The van der Waals surface area contributed by atoms with Gasteiger partial charge < -0.3 is 10.6 Å². The fourth-order valence-corrected chi connectivity index (χ4v) is 2.03. The van der Waals surface area contributed by atoms with E-state index in [1.165, 1.54) is 0 Å². The molecule has 88 valence electrons. The van der Waals surface area contributed by atoms with Crippen LogP contribution in [0.15, 0.2) is 0 Å². The lowest BCUT2D eigenvalue weighted by Crippen LogP contribution is -2.39. The predicted molar refractivity (Wildman–Crippen MR) is 63.5 cm³/mol. The molecular weight excluding hydrogens is 204 g/mol. The Labute approximate surface area is 95.2 Å². The molecule has 1 atom stereocenters. The molecule has 0 saturated carbocycles. The molecule has 0 aliphatic carbocycles. The van der Waals surface area contributed by atoms with Crippen molar-refractivity contribution >= 4 is 17.4 Å². The second kappa shape index (κ2) is 4.15. The van der Waals surface area contributed by atoms with Gasteiger partial charge in [-0.3, -0.25) is 9.48 Å². The number of nitrogens with zero attached hydrogens (tertiary/aromatic N) is 2. The number of carbonyl (C=O) groups is 1. The maximum absolute atomic E-state index is 11.8. The van der Waals surface area contributed by atoms with Gasteiger partial charge in [0.15, 0.2) is 0 Å². The molecule has 0 aromatic carbocycles. The fourth-order valence-electron chi connectivity index (χ4n) is 2.03. The van der Waals surface area contributed by atoms with E-state index in [-0.39, 0.29) is 11.9 Å². The summed E-state index contributed by atoms with van der Waals surface area (Å²) in [6.45, 7) is 4.02. The minimum atomic E-state index is -0.123. The van der Waals surface area contributed by atoms with Crippen LogP contribution >= 0.6 is 0 Å². The first-order valence-corrected chi connectivity index (χ1v) is 5.74. The van der Waals surface area contributed by atoms with Gasteiger partial charge in [0.2, 0.25) is 5.91 Å². The maximum Gasteiger partial charge on any atom is 0.247 e. The van der Waals surface area contributed by atoms with Crippen LogP contribution in [0, 0.1) is 6.92 Å². The van der Waals surface area contributed by atoms with Crippen LogP contribution in [0.3, 0.4) is 0 Å². The molecule has 16 heavy (non-hydrogen) atoms. The third-order valence-corrected chi connectivity index (χ3v) is 2.94. The number of aromatic nitrogens is 2. The van der Waals surface area contributed by atoms with Crippen LogP contribution in [0.4, 0.5) is 11.5 Å². The molecule has 0 saturated heterocycles. The summed E-state index contributed by atoms with van der Waals surface area (Å²) in [6, 6.07) is -0.123. The predicted octanol–water partition coefficient (Wildman–Crippen LogP) is 1.65. The van der Waals surface area contributed by atoms with E-state index in [0.29, 0.717) is 0 Å². The molecular formula is C11H18N4O. The Morgan fingerprint density at radius 1 is 1.50 bits per heavy atom. The van der Waals surface area contributed by atoms with Crippen LogP contribution in [0.1, 0.15) is 31.9 Å². The number of hydrogen-bond acceptors (Lipinski definition) is 3. The van der Waals surface area contributed by atoms with Crippen LogP contribution in [0.2, 0.25) is 0 Å². The monoisotopic (exact) mass is 222 g/mol. The Morgan fingerprint density at radius 3 is 2.94 bits per heavy atom. The van der Waals surface area contributed by atoms with Crippen molar-refractivity contribution in [2.45, 2.75) is 39.2 Å². The average molecular weight is 222 g/mol. The van der Waals surface area contributed by atoms with Crippen molar-refractivity contribution in [2.75, 3.05) is 10.6 Å². The van der Waals surface area contributed by atoms with Crippen molar-refractivity contribution in [3.8, 4) is 0 Å². The quantitative estimate of drug-likeness (QED) is 0.817. The summed E-state index contributed by atoms with van der Waals surface area (Å²) in [7, 11) is 1.88. The average Bonchev–Trinajstić information content (AvgIpc) is 2.51. The number of amides is 1. The lowest BCUT2D eigenvalue weighted by atomic mass is 10.1. The number of rotatable bonds is 3. The molecule has 5 nitrogen and oxygen atoms in total. The van der Waals surface area contributed by atoms with Crippen LogP contribution in [0.5, 0.6) is 0 Å². The molecule has 2 heterocycles. The smallest absolute Gasteiger partial charge is 0.247 e. The molecule has 1 amide bonds. The van der Waals surface area contributed by atoms with Crippen molar-refractivity contribution < 1.29 is 4.79 Å². The molecule has 0 bridgehead atoms. The SMILES string of the molecule is CCCCC1Nc2c(c(C)nn2C)NC1=O. The van der Waals surface area contributed by atoms with Crippen LogP contribution < -0.4 is 10.6 Å². The summed E-state index contributed by atoms with van der Waals surface area (Å²) in [6.07, 6.45) is 3.02. The highest BCUT2D eigenvalue weighted by Crippen LogP contribution is 2.30. The summed E-state index contributed by atoms with van der Waals surface area (Å²) in [4.78, 5) is 11.8. The van der Waals surface area contributed by atoms with E-state index in [2.05, 4.69) is 22.7 Å². The van der Waals surface area contributed by atoms with E-state index >= 15 is 0 Å². The zero-order chi connectivity index (χ0) is 11.7. The van der Waals surface area contributed by atoms with E-state index in [0.717, 1.165) is 36.5 Å². The van der Waals surface area contributed by atoms with Crippen LogP contribution in [0.25, 0.3) is 0 Å². The Hall–Kier alpha value is -1.52. The van der Waals surface area contributed by atoms with Gasteiger partial charge in [-0.2, -0.15) is 5.10 Å². The van der Waals surface area contributed by atoms with Gasteiger partial charge >= 0.3 is 0 Å². The van der Waals surface area contributed by atoms with Crippen LogP contribution in [-0.4, -0.2) is 21.7 Å². The van der Waals surface area contributed by atoms with Crippen molar-refractivity contribution in [3.05, 3.63) is 5.69 Å². The van der Waals surface area contributed by atoms with Gasteiger partial charge in [-0.05, 0) is 13.3 Å². The van der Waals surface area contributed by atoms with E-state index in [1.807, 2.05) is 14.0 Å². The normalized spacial score (nSPS) is 18.9. The first-order valence-electron chi connectivity index (χ1n) is 5.74. The summed E-state index contributed by atoms with van der Waals surface area (Å²) >= 11 is 0. The van der Waals surface area contributed by atoms with Gasteiger partial charge in [0.25, 0.3) is 0 Å². The van der Waals surface area contributed by atoms with Gasteiger partial charge in [0.1, 0.15) is 17.5 Å². The molecule has 0 spiro atoms. The Morgan fingerprint density at radius 2 is 2.25 bits per heavy atom. The zero-order valence-corrected chi connectivity index (χ0v) is 10.0. The van der Waals surface area contributed by atoms with Gasteiger partial charge in [0, 0.05) is 7.05 Å². The number of fused-ring (bicyclic) bond motifs is 1. The minimum Gasteiger partial charge on any atom is -0.357 e. The number of carbonyl (C=O) groups excluding carboxylic acids is 1. The van der Waals surface area contributed by atoms with Crippen molar-refractivity contribution in [2.24, 2.45) is 7.05 Å². The third-order valence-electron chi connectivity index (χ3n) is 2.94. The topological polar surface area (TPSA) is 59.0 Å². The second-order valence-electron chi connectivity index (χ2n) is 4.26. The summed E-state index contributed by atoms with van der Waals surface area (Å²) in [5.74, 6) is 0.968. The molecule has 0 fully saturated rings. The molecule has 0 radical (unpaired) electrons. The molecule has 1 unspecified atom stereocenters. The van der Waals surface area contributed by atoms with Crippen LogP contribution in [-0.2, 0) is 11.8 Å². The molecule has 1 aliphatic heterocycles. The maximum atomic E-state index is 11.8. The van der Waals surface area contributed by atoms with E-state index in [9.17, 15) is 4.79 Å². The first-order chi connectivity index (χ1) is 7.63. The van der Waals surface area contributed by atoms with Gasteiger partial charge in [-0.1, -0.05) is 19.8 Å². The number of hydrogen-bond donors (Lipinski definition) is 2. The van der Waals surface area contributed by atoms with Crippen molar-refractivity contribution in [3.63, 3.8) is 0 Å². The molecule has 2 rings (SSSR count). The Bertz CT molecular complexity index is 410. The standard InChI is InChI=1S/C11H18N4O/c1-4-5-6-8-11(16)13-9-7(2)14-15(3)10(9)12-8/h8,12H,4-6H2,1-3H3,(H,13,16). The summed E-state index contributed by atoms with van der Waals surface area (Å²) in [5, 5.41) is 10.5. The molecule has 1 aliphatic rings. The Balaban J connectivity index is 2.20. The highest BCUT2D eigenvalue weighted by atomic mass is 16.2. The first kappa shape index (κ1) is 11.0. The minimum absolute atomic E-state index is 0.0528. The highest BCUT2D eigenvalue weighted by Gasteiger charge is 2.28. The number of aryl methyl sites for hydroxylation is 2. The number of anilines is 2. The Kier molecular flexibility index (Phi) is 2.85. The summed E-state index contributed by atoms with van der Waals surface area (Å²) in [5.41, 5.74) is 1.67. The van der Waals surface area contributed by atoms with Gasteiger partial charge in [-0.25, -0.2) is 0 Å². The van der Waals surface area contributed by atoms with E-state index in [4.69, 9.17) is 0 Å². The number of unbranched alkanes of at least 4 members (excludes halogenated alkanes) is 1. The lowest BCUT2D eigenvalue weighted by Gasteiger charge is -2.25. The highest BCUT2D eigenvalue weighted by molar-refractivity contribution is 6.02. The largest absolute Gasteiger partial charge is 0.357 e. The lowest BCUT2D eigenvalue weighted by molar-refractivity contribution is -0.117. The zero-order valence-electron chi connectivity index (χ0n) is 10.0. The summed E-state index contributed by atoms with van der Waals surface area (Å²) < 4.78 is 1.78. The molecule has 1 aromatic heterocycles. The van der Waals surface area contributed by atoms with Gasteiger partial charge in [-0.15, -0.1) is 0 Å². The van der Waals surface area contributed by atoms with Crippen molar-refractivity contribution in [1.29, 1.82) is 0 Å². The van der Waals surface area contributed by atoms with E-state index < -0.39 is 0 Å². The number of nitrogens with one attached hydrogen (secondary N) is 2. The molecule has 2 N–H and O–H groups in total. The fraction of sp³-hybridized carbons (Fsp3) is 0.636.